The number of rotatable bonds is 9. The molecule has 0 fully saturated rings. The van der Waals surface area contributed by atoms with Crippen molar-refractivity contribution < 1.29 is 19.3 Å². The van der Waals surface area contributed by atoms with Crippen LogP contribution in [0.15, 0.2) is 72.9 Å². The Labute approximate surface area is 169 Å². The van der Waals surface area contributed by atoms with Gasteiger partial charge in [0, 0.05) is 5.75 Å². The minimum atomic E-state index is -0.880. The van der Waals surface area contributed by atoms with Gasteiger partial charge in [0.2, 0.25) is 17.6 Å². The lowest BCUT2D eigenvalue weighted by atomic mass is 10.2. The van der Waals surface area contributed by atoms with Crippen molar-refractivity contribution in [3.05, 3.63) is 95.0 Å². The summed E-state index contributed by atoms with van der Waals surface area (Å²) in [6.07, 6.45) is 2.32. The molecular formula is C22H23NO4S. The number of ether oxygens (including phenoxy) is 2. The molecule has 1 heterocycles. The maximum absolute atomic E-state index is 12.4. The summed E-state index contributed by atoms with van der Waals surface area (Å²) in [5.74, 6) is 1.20. The van der Waals surface area contributed by atoms with E-state index in [2.05, 4.69) is 0 Å². The Hall–Kier alpha value is -2.70. The third kappa shape index (κ3) is 5.41. The molecule has 28 heavy (non-hydrogen) atoms. The van der Waals surface area contributed by atoms with E-state index in [1.54, 1.807) is 6.07 Å². The number of thioether (sulfide) groups is 1. The third-order valence-corrected chi connectivity index (χ3v) is 4.80. The van der Waals surface area contributed by atoms with E-state index < -0.39 is 6.10 Å². The smallest absolute Gasteiger partial charge is 0.227 e. The molecule has 0 radical (unpaired) electrons. The first-order chi connectivity index (χ1) is 13.7. The maximum Gasteiger partial charge on any atom is 0.227 e. The van der Waals surface area contributed by atoms with Gasteiger partial charge in [0.1, 0.15) is 19.3 Å². The van der Waals surface area contributed by atoms with Gasteiger partial charge in [0.15, 0.2) is 5.75 Å². The molecule has 1 aromatic heterocycles. The van der Waals surface area contributed by atoms with Gasteiger partial charge in [-0.2, -0.15) is 16.5 Å². The highest BCUT2D eigenvalue weighted by Gasteiger charge is 2.22. The molecule has 1 atom stereocenters. The van der Waals surface area contributed by atoms with Crippen LogP contribution in [0.25, 0.3) is 0 Å². The van der Waals surface area contributed by atoms with Gasteiger partial charge in [-0.05, 0) is 17.4 Å². The molecule has 1 N–H and O–H groups in total. The molecule has 2 aromatic carbocycles. The second kappa shape index (κ2) is 10.0. The van der Waals surface area contributed by atoms with Crippen LogP contribution < -0.4 is 14.2 Å². The van der Waals surface area contributed by atoms with Crippen molar-refractivity contribution >= 4 is 11.8 Å². The quantitative estimate of drug-likeness (QED) is 0.439. The summed E-state index contributed by atoms with van der Waals surface area (Å²) in [6.45, 7) is 0.652. The Bertz CT molecular complexity index is 874. The molecular weight excluding hydrogens is 374 g/mol. The number of aromatic nitrogens is 1. The van der Waals surface area contributed by atoms with Gasteiger partial charge >= 0.3 is 0 Å². The summed E-state index contributed by atoms with van der Waals surface area (Å²) in [7, 11) is 0. The molecule has 0 aliphatic rings. The van der Waals surface area contributed by atoms with E-state index in [1.807, 2.05) is 66.9 Å². The summed E-state index contributed by atoms with van der Waals surface area (Å²) in [5, 5.41) is 22.7. The van der Waals surface area contributed by atoms with Crippen molar-refractivity contribution in [3.63, 3.8) is 0 Å². The van der Waals surface area contributed by atoms with Crippen molar-refractivity contribution in [1.29, 1.82) is 0 Å². The summed E-state index contributed by atoms with van der Waals surface area (Å²) in [4.78, 5) is 0. The maximum atomic E-state index is 12.4. The third-order valence-electron chi connectivity index (χ3n) is 4.15. The molecule has 0 aliphatic heterocycles. The van der Waals surface area contributed by atoms with Gasteiger partial charge in [0.05, 0.1) is 6.07 Å². The molecule has 0 amide bonds. The zero-order chi connectivity index (χ0) is 19.8. The number of nitrogens with zero attached hydrogens (tertiary/aromatic N) is 1. The first-order valence-electron chi connectivity index (χ1n) is 8.95. The number of hydrogen-bond donors (Lipinski definition) is 1. The van der Waals surface area contributed by atoms with E-state index in [-0.39, 0.29) is 5.69 Å². The van der Waals surface area contributed by atoms with E-state index >= 15 is 0 Å². The van der Waals surface area contributed by atoms with Crippen molar-refractivity contribution in [2.45, 2.75) is 19.3 Å². The van der Waals surface area contributed by atoms with Crippen LogP contribution in [0.5, 0.6) is 11.5 Å². The average Bonchev–Trinajstić information content (AvgIpc) is 2.73. The van der Waals surface area contributed by atoms with Crippen molar-refractivity contribution in [3.8, 4) is 11.5 Å². The minimum absolute atomic E-state index is 0.240. The van der Waals surface area contributed by atoms with E-state index in [1.165, 1.54) is 18.0 Å². The van der Waals surface area contributed by atoms with Crippen LogP contribution in [-0.4, -0.2) is 17.1 Å². The van der Waals surface area contributed by atoms with Crippen LogP contribution in [0.3, 0.4) is 0 Å². The molecule has 1 unspecified atom stereocenters. The Morgan fingerprint density at radius 2 is 1.46 bits per heavy atom. The van der Waals surface area contributed by atoms with E-state index in [0.29, 0.717) is 35.2 Å². The second-order valence-corrected chi connectivity index (χ2v) is 7.18. The second-order valence-electron chi connectivity index (χ2n) is 6.27. The van der Waals surface area contributed by atoms with Crippen molar-refractivity contribution in [2.24, 2.45) is 0 Å². The van der Waals surface area contributed by atoms with Crippen molar-refractivity contribution in [1.82, 2.24) is 0 Å². The normalized spacial score (nSPS) is 11.8. The van der Waals surface area contributed by atoms with Crippen LogP contribution in [0.2, 0.25) is 0 Å². The van der Waals surface area contributed by atoms with Gasteiger partial charge in [-0.3, -0.25) is 0 Å². The van der Waals surface area contributed by atoms with E-state index in [4.69, 9.17) is 9.47 Å². The Kier molecular flexibility index (Phi) is 7.17. The number of aliphatic hydroxyl groups is 1. The molecule has 6 heteroatoms. The first-order valence-corrected chi connectivity index (χ1v) is 10.3. The van der Waals surface area contributed by atoms with Gasteiger partial charge < -0.3 is 19.8 Å². The highest BCUT2D eigenvalue weighted by molar-refractivity contribution is 7.98. The standard InChI is InChI=1S/C22H23NO4S/c1-28-16-20(24)19-12-21(26-14-17-8-4-2-5-9-17)22(13-23(19)25)27-15-18-10-6-3-7-11-18/h2-13,20,24H,14-16H2,1H3. The molecule has 146 valence electrons. The summed E-state index contributed by atoms with van der Waals surface area (Å²) in [5.41, 5.74) is 2.23. The molecule has 3 aromatic rings. The van der Waals surface area contributed by atoms with Crippen LogP contribution in [0, 0.1) is 5.21 Å². The molecule has 5 nitrogen and oxygen atoms in total. The monoisotopic (exact) mass is 397 g/mol. The predicted molar refractivity (Wildman–Crippen MR) is 110 cm³/mol. The lowest BCUT2D eigenvalue weighted by molar-refractivity contribution is -0.618. The average molecular weight is 397 g/mol. The van der Waals surface area contributed by atoms with Crippen LogP contribution in [0.4, 0.5) is 0 Å². The fourth-order valence-corrected chi connectivity index (χ4v) is 3.18. The Balaban J connectivity index is 1.83. The SMILES string of the molecule is CSCC(O)c1cc(OCc2ccccc2)c(OCc2ccccc2)c[n+]1[O-]. The minimum Gasteiger partial charge on any atom is -0.618 e. The van der Waals surface area contributed by atoms with Gasteiger partial charge in [0.25, 0.3) is 0 Å². The lowest BCUT2D eigenvalue weighted by Gasteiger charge is -2.16. The summed E-state index contributed by atoms with van der Waals surface area (Å²) >= 11 is 1.47. The lowest BCUT2D eigenvalue weighted by Crippen LogP contribution is -2.34. The predicted octanol–water partition coefficient (Wildman–Crippen LogP) is 3.87. The fraction of sp³-hybridized carbons (Fsp3) is 0.227. The van der Waals surface area contributed by atoms with E-state index in [9.17, 15) is 10.3 Å². The molecule has 0 saturated heterocycles. The summed E-state index contributed by atoms with van der Waals surface area (Å²) in [6, 6.07) is 21.0. The fourth-order valence-electron chi connectivity index (χ4n) is 2.69. The summed E-state index contributed by atoms with van der Waals surface area (Å²) < 4.78 is 12.4. The van der Waals surface area contributed by atoms with Crippen LogP contribution in [0.1, 0.15) is 22.9 Å². The number of aliphatic hydroxyl groups excluding tert-OH is 1. The molecule has 0 spiro atoms. The number of benzene rings is 2. The number of pyridine rings is 1. The van der Waals surface area contributed by atoms with Crippen LogP contribution >= 0.6 is 11.8 Å². The zero-order valence-corrected chi connectivity index (χ0v) is 16.5. The molecule has 0 saturated carbocycles. The van der Waals surface area contributed by atoms with Crippen LogP contribution in [-0.2, 0) is 13.2 Å². The zero-order valence-electron chi connectivity index (χ0n) is 15.7. The van der Waals surface area contributed by atoms with Gasteiger partial charge in [-0.25, -0.2) is 0 Å². The van der Waals surface area contributed by atoms with Crippen molar-refractivity contribution in [2.75, 3.05) is 12.0 Å². The van der Waals surface area contributed by atoms with E-state index in [0.717, 1.165) is 11.1 Å². The van der Waals surface area contributed by atoms with Gasteiger partial charge in [-0.15, -0.1) is 0 Å². The van der Waals surface area contributed by atoms with Gasteiger partial charge in [-0.1, -0.05) is 60.7 Å². The Morgan fingerprint density at radius 1 is 0.929 bits per heavy atom. The largest absolute Gasteiger partial charge is 0.618 e. The molecule has 0 aliphatic carbocycles. The highest BCUT2D eigenvalue weighted by atomic mass is 32.2. The molecule has 0 bridgehead atoms. The number of hydrogen-bond acceptors (Lipinski definition) is 5. The topological polar surface area (TPSA) is 65.6 Å². The Morgan fingerprint density at radius 3 is 2.00 bits per heavy atom. The first kappa shape index (κ1) is 20.0. The molecule has 3 rings (SSSR count). The highest BCUT2D eigenvalue weighted by Crippen LogP contribution is 2.30.